The van der Waals surface area contributed by atoms with Gasteiger partial charge in [-0.2, -0.15) is 0 Å². The van der Waals surface area contributed by atoms with Gasteiger partial charge in [-0.3, -0.25) is 4.79 Å². The average molecular weight is 395 g/mol. The van der Waals surface area contributed by atoms with Gasteiger partial charge in [-0.05, 0) is 46.3 Å². The topological polar surface area (TPSA) is 78.4 Å². The van der Waals surface area contributed by atoms with Crippen LogP contribution in [0.15, 0.2) is 55.1 Å². The minimum absolute atomic E-state index is 0.0453. The van der Waals surface area contributed by atoms with Crippen LogP contribution in [0.1, 0.15) is 10.4 Å². The van der Waals surface area contributed by atoms with Crippen LogP contribution in [0.4, 0.5) is 0 Å². The van der Waals surface area contributed by atoms with Crippen molar-refractivity contribution in [1.29, 1.82) is 0 Å². The van der Waals surface area contributed by atoms with Crippen LogP contribution >= 0.6 is 27.7 Å². The summed E-state index contributed by atoms with van der Waals surface area (Å²) in [5.74, 6) is 1.61. The molecule has 0 unspecified atom stereocenters. The molecule has 1 aromatic carbocycles. The minimum Gasteiger partial charge on any atom is -0.496 e. The number of benzene rings is 1. The van der Waals surface area contributed by atoms with Gasteiger partial charge in [-0.15, -0.1) is 10.2 Å². The standard InChI is InChI=1S/C15H11BrN2O4S/c1-20-12-5-4-9(7-10(12)16)11(19)8-23-15-18-17-14(22-15)13-3-2-6-21-13/h2-7H,8H2,1H3. The molecule has 0 N–H and O–H groups in total. The third-order valence-corrected chi connectivity index (χ3v) is 4.38. The third-order valence-electron chi connectivity index (χ3n) is 2.94. The Morgan fingerprint density at radius 3 is 2.91 bits per heavy atom. The Hall–Kier alpha value is -2.06. The van der Waals surface area contributed by atoms with Crippen molar-refractivity contribution >= 4 is 33.5 Å². The van der Waals surface area contributed by atoms with Crippen molar-refractivity contribution < 1.29 is 18.4 Å². The van der Waals surface area contributed by atoms with Gasteiger partial charge in [0.25, 0.3) is 11.1 Å². The second kappa shape index (κ2) is 7.01. The van der Waals surface area contributed by atoms with Crippen LogP contribution in [0.3, 0.4) is 0 Å². The number of carbonyl (C=O) groups is 1. The normalized spacial score (nSPS) is 10.7. The van der Waals surface area contributed by atoms with Gasteiger partial charge in [0.1, 0.15) is 5.75 Å². The Kier molecular flexibility index (Phi) is 4.82. The van der Waals surface area contributed by atoms with Gasteiger partial charge in [0.15, 0.2) is 11.5 Å². The first kappa shape index (κ1) is 15.8. The van der Waals surface area contributed by atoms with Crippen molar-refractivity contribution in [3.8, 4) is 17.4 Å². The highest BCUT2D eigenvalue weighted by Gasteiger charge is 2.14. The number of hydrogen-bond donors (Lipinski definition) is 0. The summed E-state index contributed by atoms with van der Waals surface area (Å²) in [6.07, 6.45) is 1.53. The average Bonchev–Trinajstić information content (AvgIpc) is 3.23. The summed E-state index contributed by atoms with van der Waals surface area (Å²) in [4.78, 5) is 12.2. The fourth-order valence-corrected chi connectivity index (χ4v) is 3.02. The van der Waals surface area contributed by atoms with Crippen LogP contribution in [-0.4, -0.2) is 28.8 Å². The van der Waals surface area contributed by atoms with E-state index >= 15 is 0 Å². The molecule has 0 amide bonds. The van der Waals surface area contributed by atoms with Gasteiger partial charge in [-0.25, -0.2) is 0 Å². The van der Waals surface area contributed by atoms with E-state index in [4.69, 9.17) is 13.6 Å². The lowest BCUT2D eigenvalue weighted by atomic mass is 10.1. The Balaban J connectivity index is 1.64. The highest BCUT2D eigenvalue weighted by Crippen LogP contribution is 2.27. The molecule has 0 radical (unpaired) electrons. The molecule has 0 saturated carbocycles. The molecule has 3 aromatic rings. The number of aromatic nitrogens is 2. The molecular weight excluding hydrogens is 384 g/mol. The van der Waals surface area contributed by atoms with Gasteiger partial charge in [-0.1, -0.05) is 11.8 Å². The predicted octanol–water partition coefficient (Wildman–Crippen LogP) is 4.08. The largest absolute Gasteiger partial charge is 0.496 e. The van der Waals surface area contributed by atoms with Crippen molar-refractivity contribution in [2.75, 3.05) is 12.9 Å². The van der Waals surface area contributed by atoms with Crippen molar-refractivity contribution in [3.05, 3.63) is 46.6 Å². The van der Waals surface area contributed by atoms with Gasteiger partial charge in [0, 0.05) is 5.56 Å². The molecule has 0 fully saturated rings. The molecule has 0 bridgehead atoms. The monoisotopic (exact) mass is 394 g/mol. The van der Waals surface area contributed by atoms with E-state index in [1.807, 2.05) is 0 Å². The molecule has 0 aliphatic rings. The number of furan rings is 1. The fraction of sp³-hybridized carbons (Fsp3) is 0.133. The van der Waals surface area contributed by atoms with Crippen LogP contribution in [0.25, 0.3) is 11.7 Å². The van der Waals surface area contributed by atoms with Crippen molar-refractivity contribution in [2.45, 2.75) is 5.22 Å². The number of Topliss-reactive ketones (excluding diaryl/α,β-unsaturated/α-hetero) is 1. The number of rotatable bonds is 6. The van der Waals surface area contributed by atoms with Crippen LogP contribution in [-0.2, 0) is 0 Å². The quantitative estimate of drug-likeness (QED) is 0.460. The molecule has 2 aromatic heterocycles. The van der Waals surface area contributed by atoms with Gasteiger partial charge in [0.05, 0.1) is 23.6 Å². The zero-order valence-corrected chi connectivity index (χ0v) is 14.4. The maximum absolute atomic E-state index is 12.2. The first-order valence-corrected chi connectivity index (χ1v) is 8.32. The van der Waals surface area contributed by atoms with Crippen LogP contribution in [0, 0.1) is 0 Å². The van der Waals surface area contributed by atoms with Crippen LogP contribution < -0.4 is 4.74 Å². The lowest BCUT2D eigenvalue weighted by molar-refractivity contribution is 0.102. The van der Waals surface area contributed by atoms with E-state index in [1.165, 1.54) is 18.0 Å². The highest BCUT2D eigenvalue weighted by atomic mass is 79.9. The van der Waals surface area contributed by atoms with Crippen molar-refractivity contribution in [2.24, 2.45) is 0 Å². The van der Waals surface area contributed by atoms with Gasteiger partial charge >= 0.3 is 0 Å². The number of nitrogens with zero attached hydrogens (tertiary/aromatic N) is 2. The van der Waals surface area contributed by atoms with Crippen molar-refractivity contribution in [1.82, 2.24) is 10.2 Å². The molecule has 2 heterocycles. The van der Waals surface area contributed by atoms with E-state index < -0.39 is 0 Å². The minimum atomic E-state index is -0.0453. The molecule has 0 aliphatic heterocycles. The second-order valence-corrected chi connectivity index (χ2v) is 6.19. The number of hydrogen-bond acceptors (Lipinski definition) is 7. The fourth-order valence-electron chi connectivity index (χ4n) is 1.82. The summed E-state index contributed by atoms with van der Waals surface area (Å²) in [5.41, 5.74) is 0.580. The van der Waals surface area contributed by atoms with E-state index in [9.17, 15) is 4.79 Å². The maximum atomic E-state index is 12.2. The van der Waals surface area contributed by atoms with E-state index in [0.717, 1.165) is 4.47 Å². The molecular formula is C15H11BrN2O4S. The Morgan fingerprint density at radius 2 is 2.22 bits per heavy atom. The molecule has 6 nitrogen and oxygen atoms in total. The number of thioether (sulfide) groups is 1. The van der Waals surface area contributed by atoms with Crippen LogP contribution in [0.5, 0.6) is 5.75 Å². The Labute approximate surface area is 144 Å². The van der Waals surface area contributed by atoms with E-state index in [0.29, 0.717) is 22.3 Å². The number of halogens is 1. The van der Waals surface area contributed by atoms with Gasteiger partial charge < -0.3 is 13.6 Å². The lowest BCUT2D eigenvalue weighted by Gasteiger charge is -2.05. The molecule has 23 heavy (non-hydrogen) atoms. The number of methoxy groups -OCH3 is 1. The highest BCUT2D eigenvalue weighted by molar-refractivity contribution is 9.10. The van der Waals surface area contributed by atoms with E-state index in [2.05, 4.69) is 26.1 Å². The number of ketones is 1. The molecule has 118 valence electrons. The lowest BCUT2D eigenvalue weighted by Crippen LogP contribution is -2.02. The second-order valence-electron chi connectivity index (χ2n) is 4.41. The van der Waals surface area contributed by atoms with Crippen molar-refractivity contribution in [3.63, 3.8) is 0 Å². The first-order chi connectivity index (χ1) is 11.2. The molecule has 0 atom stereocenters. The molecule has 0 spiro atoms. The van der Waals surface area contributed by atoms with E-state index in [1.54, 1.807) is 37.4 Å². The zero-order chi connectivity index (χ0) is 16.2. The molecule has 8 heteroatoms. The van der Waals surface area contributed by atoms with E-state index in [-0.39, 0.29) is 17.4 Å². The van der Waals surface area contributed by atoms with Gasteiger partial charge in [0.2, 0.25) is 0 Å². The summed E-state index contributed by atoms with van der Waals surface area (Å²) >= 11 is 4.54. The predicted molar refractivity (Wildman–Crippen MR) is 87.7 cm³/mol. The molecule has 0 aliphatic carbocycles. The molecule has 3 rings (SSSR count). The summed E-state index contributed by atoms with van der Waals surface area (Å²) < 4.78 is 16.5. The number of carbonyl (C=O) groups excluding carboxylic acids is 1. The smallest absolute Gasteiger partial charge is 0.284 e. The van der Waals surface area contributed by atoms with Crippen LogP contribution in [0.2, 0.25) is 0 Å². The summed E-state index contributed by atoms with van der Waals surface area (Å²) in [6.45, 7) is 0. The number of ether oxygens (including phenoxy) is 1. The summed E-state index contributed by atoms with van der Waals surface area (Å²) in [5, 5.41) is 8.08. The SMILES string of the molecule is COc1ccc(C(=O)CSc2nnc(-c3ccco3)o2)cc1Br. The Morgan fingerprint density at radius 1 is 1.35 bits per heavy atom. The summed E-state index contributed by atoms with van der Waals surface area (Å²) in [7, 11) is 1.57. The Bertz CT molecular complexity index is 817. The first-order valence-electron chi connectivity index (χ1n) is 6.54. The molecule has 0 saturated heterocycles. The summed E-state index contributed by atoms with van der Waals surface area (Å²) in [6, 6.07) is 8.64. The maximum Gasteiger partial charge on any atom is 0.284 e. The zero-order valence-electron chi connectivity index (χ0n) is 12.0. The third kappa shape index (κ3) is 3.65.